The molecule has 4 rings (SSSR count). The van der Waals surface area contributed by atoms with E-state index < -0.39 is 0 Å². The van der Waals surface area contributed by atoms with Crippen molar-refractivity contribution in [2.24, 2.45) is 0 Å². The van der Waals surface area contributed by atoms with Crippen molar-refractivity contribution in [1.82, 2.24) is 30.4 Å². The molecule has 1 aromatic carbocycles. The Bertz CT molecular complexity index is 916. The van der Waals surface area contributed by atoms with Crippen LogP contribution >= 0.6 is 0 Å². The van der Waals surface area contributed by atoms with Gasteiger partial charge in [0.05, 0.1) is 12.8 Å². The number of methoxy groups -OCH3 is 1. The lowest BCUT2D eigenvalue weighted by Gasteiger charge is -2.21. The Kier molecular flexibility index (Phi) is 3.14. The molecule has 1 N–H and O–H groups in total. The molecule has 2 heterocycles. The lowest BCUT2D eigenvalue weighted by atomic mass is 9.89. The van der Waals surface area contributed by atoms with Crippen LogP contribution in [0.2, 0.25) is 0 Å². The highest BCUT2D eigenvalue weighted by molar-refractivity contribution is 5.71. The maximum Gasteiger partial charge on any atom is 0.267 e. The Morgan fingerprint density at radius 3 is 3.04 bits per heavy atom. The molecular weight excluding hydrogens is 296 g/mol. The van der Waals surface area contributed by atoms with E-state index in [0.717, 1.165) is 41.0 Å². The molecule has 0 saturated carbocycles. The highest BCUT2D eigenvalue weighted by Gasteiger charge is 2.22. The van der Waals surface area contributed by atoms with Crippen LogP contribution in [0.3, 0.4) is 0 Å². The number of hydrogen-bond donors (Lipinski definition) is 1. The van der Waals surface area contributed by atoms with E-state index in [4.69, 9.17) is 4.74 Å². The first-order chi connectivity index (χ1) is 11.3. The van der Waals surface area contributed by atoms with Crippen molar-refractivity contribution in [1.29, 1.82) is 0 Å². The summed E-state index contributed by atoms with van der Waals surface area (Å²) < 4.78 is 6.80. The average Bonchev–Trinajstić information content (AvgIpc) is 3.08. The Labute approximate surface area is 131 Å². The minimum atomic E-state index is -0.167. The van der Waals surface area contributed by atoms with Crippen molar-refractivity contribution >= 4 is 0 Å². The predicted molar refractivity (Wildman–Crippen MR) is 81.2 cm³/mol. The highest BCUT2D eigenvalue weighted by Crippen LogP contribution is 2.36. The van der Waals surface area contributed by atoms with Gasteiger partial charge in [-0.1, -0.05) is 17.3 Å². The third kappa shape index (κ3) is 2.28. The van der Waals surface area contributed by atoms with Gasteiger partial charge in [-0.3, -0.25) is 4.79 Å². The molecule has 3 aromatic rings. The van der Waals surface area contributed by atoms with Crippen LogP contribution in [-0.4, -0.2) is 37.5 Å². The molecule has 0 saturated heterocycles. The topological polar surface area (TPSA) is 98.6 Å². The number of rotatable bonds is 3. The Morgan fingerprint density at radius 2 is 2.26 bits per heavy atom. The normalized spacial score (nSPS) is 12.6. The van der Waals surface area contributed by atoms with Crippen molar-refractivity contribution in [3.05, 3.63) is 51.6 Å². The molecule has 0 aliphatic heterocycles. The second kappa shape index (κ2) is 5.31. The van der Waals surface area contributed by atoms with Gasteiger partial charge in [0.1, 0.15) is 12.3 Å². The van der Waals surface area contributed by atoms with Crippen LogP contribution in [0.5, 0.6) is 5.75 Å². The molecule has 23 heavy (non-hydrogen) atoms. The van der Waals surface area contributed by atoms with Gasteiger partial charge in [-0.2, -0.15) is 10.3 Å². The second-order valence-corrected chi connectivity index (χ2v) is 5.33. The van der Waals surface area contributed by atoms with E-state index >= 15 is 0 Å². The van der Waals surface area contributed by atoms with Gasteiger partial charge in [0, 0.05) is 17.2 Å². The van der Waals surface area contributed by atoms with E-state index in [0.29, 0.717) is 5.82 Å². The van der Waals surface area contributed by atoms with Crippen molar-refractivity contribution in [2.75, 3.05) is 7.11 Å². The van der Waals surface area contributed by atoms with Gasteiger partial charge in [-0.15, -0.1) is 10.2 Å². The summed E-state index contributed by atoms with van der Waals surface area (Å²) in [5, 5.41) is 18.1. The summed E-state index contributed by atoms with van der Waals surface area (Å²) in [5.74, 6) is 1.27. The minimum Gasteiger partial charge on any atom is -0.496 e. The highest BCUT2D eigenvalue weighted by atomic mass is 16.5. The van der Waals surface area contributed by atoms with Crippen molar-refractivity contribution in [2.45, 2.75) is 19.4 Å². The third-order valence-corrected chi connectivity index (χ3v) is 4.01. The van der Waals surface area contributed by atoms with Crippen LogP contribution in [0.25, 0.3) is 11.3 Å². The quantitative estimate of drug-likeness (QED) is 0.760. The van der Waals surface area contributed by atoms with E-state index in [-0.39, 0.29) is 12.1 Å². The van der Waals surface area contributed by atoms with Crippen LogP contribution in [-0.2, 0) is 19.4 Å². The molecule has 1 aliphatic rings. The number of tetrazole rings is 1. The molecule has 8 heteroatoms. The lowest BCUT2D eigenvalue weighted by molar-refractivity contribution is 0.409. The molecule has 0 bridgehead atoms. The number of hydrogen-bond acceptors (Lipinski definition) is 6. The number of nitrogens with zero attached hydrogens (tertiary/aromatic N) is 5. The third-order valence-electron chi connectivity index (χ3n) is 4.01. The summed E-state index contributed by atoms with van der Waals surface area (Å²) in [7, 11) is 1.66. The molecule has 116 valence electrons. The maximum absolute atomic E-state index is 12.2. The van der Waals surface area contributed by atoms with Gasteiger partial charge < -0.3 is 4.74 Å². The Morgan fingerprint density at radius 1 is 1.35 bits per heavy atom. The smallest absolute Gasteiger partial charge is 0.267 e. The van der Waals surface area contributed by atoms with E-state index in [1.807, 2.05) is 18.2 Å². The SMILES string of the molecule is COc1cccc2c1CCc1cc(=O)n(Cc3nn[nH]n3)nc1-2. The number of benzene rings is 1. The van der Waals surface area contributed by atoms with Gasteiger partial charge in [0.2, 0.25) is 0 Å². The number of fused-ring (bicyclic) bond motifs is 3. The van der Waals surface area contributed by atoms with Crippen LogP contribution in [0.15, 0.2) is 29.1 Å². The van der Waals surface area contributed by atoms with Gasteiger partial charge in [-0.05, 0) is 24.5 Å². The standard InChI is InChI=1S/C15H14N6O2/c1-23-12-4-2-3-11-10(12)6-5-9-7-14(22)21(18-15(9)11)8-13-16-19-20-17-13/h2-4,7H,5-6,8H2,1H3,(H,16,17,19,20). The lowest BCUT2D eigenvalue weighted by Crippen LogP contribution is -2.26. The molecule has 2 aromatic heterocycles. The van der Waals surface area contributed by atoms with E-state index in [2.05, 4.69) is 25.7 Å². The summed E-state index contributed by atoms with van der Waals surface area (Å²) in [6, 6.07) is 7.53. The fraction of sp³-hybridized carbons (Fsp3) is 0.267. The summed E-state index contributed by atoms with van der Waals surface area (Å²) in [6.07, 6.45) is 1.61. The molecule has 0 unspecified atom stereocenters. The largest absolute Gasteiger partial charge is 0.496 e. The summed E-state index contributed by atoms with van der Waals surface area (Å²) >= 11 is 0. The number of ether oxygens (including phenoxy) is 1. The first kappa shape index (κ1) is 13.6. The van der Waals surface area contributed by atoms with Gasteiger partial charge in [-0.25, -0.2) is 4.68 Å². The van der Waals surface area contributed by atoms with E-state index in [9.17, 15) is 4.79 Å². The van der Waals surface area contributed by atoms with Crippen molar-refractivity contribution in [3.63, 3.8) is 0 Å². The predicted octanol–water partition coefficient (Wildman–Crippen LogP) is 0.579. The number of nitrogens with one attached hydrogen (secondary N) is 1. The fourth-order valence-corrected chi connectivity index (χ4v) is 2.94. The molecule has 8 nitrogen and oxygen atoms in total. The first-order valence-corrected chi connectivity index (χ1v) is 7.26. The molecule has 0 fully saturated rings. The Hall–Kier alpha value is -3.03. The van der Waals surface area contributed by atoms with Gasteiger partial charge in [0.25, 0.3) is 5.56 Å². The molecule has 0 atom stereocenters. The number of aromatic nitrogens is 6. The molecule has 1 aliphatic carbocycles. The van der Waals surface area contributed by atoms with Crippen LogP contribution in [0, 0.1) is 0 Å². The van der Waals surface area contributed by atoms with Crippen LogP contribution in [0.4, 0.5) is 0 Å². The van der Waals surface area contributed by atoms with Gasteiger partial charge in [0.15, 0.2) is 5.82 Å². The zero-order chi connectivity index (χ0) is 15.8. The van der Waals surface area contributed by atoms with E-state index in [1.165, 1.54) is 4.68 Å². The number of aryl methyl sites for hydroxylation is 1. The Balaban J connectivity index is 1.84. The zero-order valence-corrected chi connectivity index (χ0v) is 12.5. The van der Waals surface area contributed by atoms with Crippen LogP contribution < -0.4 is 10.3 Å². The first-order valence-electron chi connectivity index (χ1n) is 7.26. The summed E-state index contributed by atoms with van der Waals surface area (Å²) in [5.41, 5.74) is 3.74. The average molecular weight is 310 g/mol. The summed E-state index contributed by atoms with van der Waals surface area (Å²) in [4.78, 5) is 12.2. The van der Waals surface area contributed by atoms with Gasteiger partial charge >= 0.3 is 0 Å². The fourth-order valence-electron chi connectivity index (χ4n) is 2.94. The number of aromatic amines is 1. The van der Waals surface area contributed by atoms with E-state index in [1.54, 1.807) is 13.2 Å². The van der Waals surface area contributed by atoms with Crippen molar-refractivity contribution in [3.8, 4) is 17.0 Å². The number of H-pyrrole nitrogens is 1. The van der Waals surface area contributed by atoms with Crippen LogP contribution in [0.1, 0.15) is 17.0 Å². The molecular formula is C15H14N6O2. The maximum atomic E-state index is 12.2. The minimum absolute atomic E-state index is 0.167. The second-order valence-electron chi connectivity index (χ2n) is 5.33. The molecule has 0 amide bonds. The van der Waals surface area contributed by atoms with Crippen molar-refractivity contribution < 1.29 is 4.74 Å². The zero-order valence-electron chi connectivity index (χ0n) is 12.5. The monoisotopic (exact) mass is 310 g/mol. The summed E-state index contributed by atoms with van der Waals surface area (Å²) in [6.45, 7) is 0.182. The molecule has 0 spiro atoms. The molecule has 0 radical (unpaired) electrons.